The summed E-state index contributed by atoms with van der Waals surface area (Å²) >= 11 is 0. The van der Waals surface area contributed by atoms with Gasteiger partial charge >= 0.3 is 5.97 Å². The summed E-state index contributed by atoms with van der Waals surface area (Å²) in [5.41, 5.74) is 0.454. The fourth-order valence-electron chi connectivity index (χ4n) is 2.29. The monoisotopic (exact) mass is 386 g/mol. The second-order valence-corrected chi connectivity index (χ2v) is 6.63. The Labute approximate surface area is 167 Å². The van der Waals surface area contributed by atoms with E-state index in [1.807, 2.05) is 56.3 Å². The Bertz CT molecular complexity index is 718. The minimum atomic E-state index is -1.27. The number of carboxylic acid groups (broad SMARTS) is 1. The van der Waals surface area contributed by atoms with Crippen molar-refractivity contribution in [3.05, 3.63) is 65.7 Å². The number of Topliss-reactive ketones (excluding diaryl/α,β-unsaturated/α-hetero) is 1. The van der Waals surface area contributed by atoms with Crippen LogP contribution < -0.4 is 4.74 Å². The number of aliphatic carboxylic acids is 1. The van der Waals surface area contributed by atoms with E-state index in [-0.39, 0.29) is 5.78 Å². The summed E-state index contributed by atoms with van der Waals surface area (Å²) in [7, 11) is 0. The minimum absolute atomic E-state index is 0.109. The number of ether oxygens (including phenoxy) is 2. The lowest BCUT2D eigenvalue weighted by Crippen LogP contribution is -2.37. The summed E-state index contributed by atoms with van der Waals surface area (Å²) < 4.78 is 10.3. The highest BCUT2D eigenvalue weighted by Gasteiger charge is 2.29. The number of hydrogen-bond acceptors (Lipinski definition) is 4. The van der Waals surface area contributed by atoms with Crippen molar-refractivity contribution in [2.24, 2.45) is 0 Å². The quantitative estimate of drug-likeness (QED) is 0.628. The van der Waals surface area contributed by atoms with Gasteiger partial charge in [-0.2, -0.15) is 0 Å². The van der Waals surface area contributed by atoms with E-state index in [0.29, 0.717) is 18.6 Å². The topological polar surface area (TPSA) is 72.8 Å². The molecule has 0 spiro atoms. The van der Waals surface area contributed by atoms with Gasteiger partial charge in [0.15, 0.2) is 11.4 Å². The molecule has 0 saturated carbocycles. The molecule has 0 atom stereocenters. The lowest BCUT2D eigenvalue weighted by molar-refractivity contribution is -0.152. The maximum atomic E-state index is 12.1. The molecule has 0 aliphatic rings. The highest BCUT2D eigenvalue weighted by Crippen LogP contribution is 2.20. The molecule has 2 rings (SSSR count). The zero-order valence-corrected chi connectivity index (χ0v) is 17.1. The van der Waals surface area contributed by atoms with E-state index >= 15 is 0 Å². The number of carboxylic acids is 1. The molecule has 2 aromatic carbocycles. The van der Waals surface area contributed by atoms with Crippen LogP contribution in [0.1, 0.15) is 50.0 Å². The van der Waals surface area contributed by atoms with Crippen molar-refractivity contribution in [3.8, 4) is 5.75 Å². The number of benzene rings is 2. The summed E-state index contributed by atoms with van der Waals surface area (Å²) in [5, 5.41) is 9.05. The predicted octanol–water partition coefficient (Wildman–Crippen LogP) is 4.79. The highest BCUT2D eigenvalue weighted by molar-refractivity contribution is 5.96. The first-order chi connectivity index (χ1) is 13.3. The zero-order chi connectivity index (χ0) is 21.0. The summed E-state index contributed by atoms with van der Waals surface area (Å²) in [6, 6.07) is 16.4. The molecule has 152 valence electrons. The van der Waals surface area contributed by atoms with Crippen molar-refractivity contribution >= 4 is 11.8 Å². The largest absolute Gasteiger partial charge is 0.478 e. The van der Waals surface area contributed by atoms with Crippen molar-refractivity contribution < 1.29 is 24.2 Å². The predicted molar refractivity (Wildman–Crippen MR) is 110 cm³/mol. The van der Waals surface area contributed by atoms with Crippen LogP contribution in [-0.4, -0.2) is 35.7 Å². The van der Waals surface area contributed by atoms with Crippen molar-refractivity contribution in [3.63, 3.8) is 0 Å². The van der Waals surface area contributed by atoms with Crippen LogP contribution in [0.4, 0.5) is 0 Å². The summed E-state index contributed by atoms with van der Waals surface area (Å²) in [5.74, 6) is -0.413. The van der Waals surface area contributed by atoms with Crippen LogP contribution in [0.5, 0.6) is 5.75 Å². The molecule has 0 radical (unpaired) electrons. The number of ketones is 1. The Morgan fingerprint density at radius 1 is 0.929 bits per heavy atom. The Hall–Kier alpha value is -2.66. The Morgan fingerprint density at radius 3 is 1.96 bits per heavy atom. The van der Waals surface area contributed by atoms with E-state index in [1.165, 1.54) is 13.8 Å². The molecule has 0 bridgehead atoms. The van der Waals surface area contributed by atoms with Gasteiger partial charge in [-0.25, -0.2) is 4.79 Å². The Morgan fingerprint density at radius 2 is 1.50 bits per heavy atom. The Balaban J connectivity index is 0.000000696. The first-order valence-corrected chi connectivity index (χ1v) is 9.47. The third kappa shape index (κ3) is 8.35. The van der Waals surface area contributed by atoms with Gasteiger partial charge in [0.25, 0.3) is 0 Å². The summed E-state index contributed by atoms with van der Waals surface area (Å²) in [6.07, 6.45) is 1.07. The molecule has 0 fully saturated rings. The molecule has 0 unspecified atom stereocenters. The molecule has 28 heavy (non-hydrogen) atoms. The molecule has 1 N–H and O–H groups in total. The van der Waals surface area contributed by atoms with Gasteiger partial charge in [0.05, 0.1) is 0 Å². The van der Waals surface area contributed by atoms with Crippen LogP contribution in [0.25, 0.3) is 0 Å². The van der Waals surface area contributed by atoms with Crippen LogP contribution in [-0.2, 0) is 16.0 Å². The van der Waals surface area contributed by atoms with Gasteiger partial charge in [0, 0.05) is 25.2 Å². The molecular weight excluding hydrogens is 356 g/mol. The number of rotatable bonds is 9. The smallest absolute Gasteiger partial charge is 0.347 e. The molecular formula is C23H30O5. The van der Waals surface area contributed by atoms with E-state index in [1.54, 1.807) is 12.1 Å². The van der Waals surface area contributed by atoms with Crippen LogP contribution in [0.3, 0.4) is 0 Å². The van der Waals surface area contributed by atoms with Crippen molar-refractivity contribution in [2.75, 3.05) is 13.2 Å². The van der Waals surface area contributed by atoms with E-state index in [0.717, 1.165) is 24.3 Å². The van der Waals surface area contributed by atoms with Crippen molar-refractivity contribution in [1.82, 2.24) is 0 Å². The van der Waals surface area contributed by atoms with Crippen LogP contribution in [0.2, 0.25) is 0 Å². The first kappa shape index (κ1) is 23.4. The van der Waals surface area contributed by atoms with Gasteiger partial charge in [-0.05, 0) is 51.8 Å². The third-order valence-corrected chi connectivity index (χ3v) is 3.96. The summed E-state index contributed by atoms with van der Waals surface area (Å²) in [6.45, 7) is 8.67. The fourth-order valence-corrected chi connectivity index (χ4v) is 2.29. The molecule has 0 saturated heterocycles. The van der Waals surface area contributed by atoms with E-state index in [4.69, 9.17) is 14.6 Å². The van der Waals surface area contributed by atoms with Gasteiger partial charge in [-0.1, -0.05) is 42.5 Å². The average molecular weight is 386 g/mol. The minimum Gasteiger partial charge on any atom is -0.478 e. The molecule has 0 aliphatic heterocycles. The number of carbonyl (C=O) groups is 2. The number of aryl methyl sites for hydroxylation is 1. The standard InChI is InChI=1S/C19H20O4.C4H10O/c1-19(2,18(21)22)23-16-11-8-14(9-12-16)10-13-17(20)15-6-4-3-5-7-15;1-3-5-4-2/h3-9,11-12H,10,13H2,1-2H3,(H,21,22);3-4H2,1-2H3. The average Bonchev–Trinajstić information content (AvgIpc) is 2.68. The maximum Gasteiger partial charge on any atom is 0.347 e. The van der Waals surface area contributed by atoms with Gasteiger partial charge in [0.2, 0.25) is 0 Å². The van der Waals surface area contributed by atoms with Gasteiger partial charge in [0.1, 0.15) is 5.75 Å². The van der Waals surface area contributed by atoms with Gasteiger partial charge in [-0.15, -0.1) is 0 Å². The molecule has 0 aromatic heterocycles. The zero-order valence-electron chi connectivity index (χ0n) is 17.1. The molecule has 0 amide bonds. The van der Waals surface area contributed by atoms with E-state index in [9.17, 15) is 9.59 Å². The van der Waals surface area contributed by atoms with E-state index in [2.05, 4.69) is 0 Å². The molecule has 5 heteroatoms. The van der Waals surface area contributed by atoms with Crippen LogP contribution in [0, 0.1) is 0 Å². The number of hydrogen-bond donors (Lipinski definition) is 1. The second kappa shape index (κ2) is 11.9. The molecule has 5 nitrogen and oxygen atoms in total. The van der Waals surface area contributed by atoms with Gasteiger partial charge < -0.3 is 14.6 Å². The van der Waals surface area contributed by atoms with Gasteiger partial charge in [-0.3, -0.25) is 4.79 Å². The molecule has 0 aliphatic carbocycles. The first-order valence-electron chi connectivity index (χ1n) is 9.47. The lowest BCUT2D eigenvalue weighted by Gasteiger charge is -2.21. The number of carbonyl (C=O) groups excluding carboxylic acids is 1. The lowest BCUT2D eigenvalue weighted by atomic mass is 10.0. The maximum absolute atomic E-state index is 12.1. The van der Waals surface area contributed by atoms with Crippen molar-refractivity contribution in [2.45, 2.75) is 46.1 Å². The molecule has 2 aromatic rings. The van der Waals surface area contributed by atoms with E-state index < -0.39 is 11.6 Å². The SMILES string of the molecule is CC(C)(Oc1ccc(CCC(=O)c2ccccc2)cc1)C(=O)O.CCOCC. The van der Waals surface area contributed by atoms with Crippen LogP contribution >= 0.6 is 0 Å². The molecule has 0 heterocycles. The van der Waals surface area contributed by atoms with Crippen LogP contribution in [0.15, 0.2) is 54.6 Å². The highest BCUT2D eigenvalue weighted by atomic mass is 16.5. The second-order valence-electron chi connectivity index (χ2n) is 6.63. The normalized spacial score (nSPS) is 10.6. The Kier molecular flexibility index (Phi) is 9.96. The van der Waals surface area contributed by atoms with Crippen molar-refractivity contribution in [1.29, 1.82) is 0 Å². The third-order valence-electron chi connectivity index (χ3n) is 3.96. The fraction of sp³-hybridized carbons (Fsp3) is 0.391. The summed E-state index contributed by atoms with van der Waals surface area (Å²) in [4.78, 5) is 23.1.